The monoisotopic (exact) mass is 463 g/mol. The topological polar surface area (TPSA) is 98.9 Å². The van der Waals surface area contributed by atoms with Gasteiger partial charge in [0.15, 0.2) is 5.13 Å². The van der Waals surface area contributed by atoms with Crippen molar-refractivity contribution in [2.24, 2.45) is 20.0 Å². The molecule has 0 fully saturated rings. The van der Waals surface area contributed by atoms with Gasteiger partial charge in [-0.2, -0.15) is 0 Å². The van der Waals surface area contributed by atoms with Crippen LogP contribution in [-0.2, 0) is 31.7 Å². The van der Waals surface area contributed by atoms with E-state index in [-0.39, 0.29) is 23.4 Å². The van der Waals surface area contributed by atoms with Crippen molar-refractivity contribution in [3.8, 4) is 11.3 Å². The standard InChI is InChI=1S/C24H25N5O3S/c1-14(2)11-15-5-7-16(8-6-15)18-13-33-23(26-18)27-19(30)12-17-9-10-25-21-20(17)22(31)29(4)24(32)28(21)3/h5-10,13-14H,11-12H2,1-4H3,(H,26,27,30). The Hall–Kier alpha value is -3.59. The van der Waals surface area contributed by atoms with Gasteiger partial charge in [0.05, 0.1) is 17.5 Å². The second-order valence-electron chi connectivity index (χ2n) is 8.43. The van der Waals surface area contributed by atoms with E-state index in [4.69, 9.17) is 0 Å². The first-order valence-electron chi connectivity index (χ1n) is 10.6. The highest BCUT2D eigenvalue weighted by atomic mass is 32.1. The van der Waals surface area contributed by atoms with Gasteiger partial charge in [0, 0.05) is 31.2 Å². The molecule has 0 aliphatic carbocycles. The lowest BCUT2D eigenvalue weighted by atomic mass is 10.0. The van der Waals surface area contributed by atoms with Crippen molar-refractivity contribution in [1.82, 2.24) is 19.1 Å². The van der Waals surface area contributed by atoms with Gasteiger partial charge < -0.3 is 5.32 Å². The molecule has 0 saturated carbocycles. The minimum absolute atomic E-state index is 0.0364. The van der Waals surface area contributed by atoms with Crippen molar-refractivity contribution in [3.63, 3.8) is 0 Å². The first-order chi connectivity index (χ1) is 15.7. The van der Waals surface area contributed by atoms with Crippen molar-refractivity contribution in [1.29, 1.82) is 0 Å². The van der Waals surface area contributed by atoms with Crippen LogP contribution in [0.15, 0.2) is 51.5 Å². The van der Waals surface area contributed by atoms with Crippen LogP contribution in [-0.4, -0.2) is 25.0 Å². The summed E-state index contributed by atoms with van der Waals surface area (Å²) in [4.78, 5) is 46.3. The summed E-state index contributed by atoms with van der Waals surface area (Å²) in [5, 5.41) is 5.47. The van der Waals surface area contributed by atoms with Gasteiger partial charge in [0.25, 0.3) is 5.56 Å². The van der Waals surface area contributed by atoms with Gasteiger partial charge in [-0.05, 0) is 29.5 Å². The van der Waals surface area contributed by atoms with E-state index in [1.807, 2.05) is 17.5 Å². The van der Waals surface area contributed by atoms with Crippen molar-refractivity contribution in [3.05, 3.63) is 73.9 Å². The Morgan fingerprint density at radius 1 is 1.09 bits per heavy atom. The molecule has 0 saturated heterocycles. The minimum Gasteiger partial charge on any atom is -0.302 e. The summed E-state index contributed by atoms with van der Waals surface area (Å²) >= 11 is 1.35. The van der Waals surface area contributed by atoms with Crippen LogP contribution in [0.5, 0.6) is 0 Å². The van der Waals surface area contributed by atoms with Crippen molar-refractivity contribution in [2.45, 2.75) is 26.7 Å². The maximum Gasteiger partial charge on any atom is 0.332 e. The Kier molecular flexibility index (Phi) is 6.24. The zero-order chi connectivity index (χ0) is 23.7. The van der Waals surface area contributed by atoms with Gasteiger partial charge in [0.2, 0.25) is 5.91 Å². The zero-order valence-corrected chi connectivity index (χ0v) is 19.8. The van der Waals surface area contributed by atoms with E-state index in [0.29, 0.717) is 16.6 Å². The number of carbonyl (C=O) groups is 1. The number of carbonyl (C=O) groups excluding carboxylic acids is 1. The molecular formula is C24H25N5O3S. The molecule has 170 valence electrons. The second-order valence-corrected chi connectivity index (χ2v) is 9.29. The van der Waals surface area contributed by atoms with Gasteiger partial charge in [-0.25, -0.2) is 14.8 Å². The SMILES string of the molecule is CC(C)Cc1ccc(-c2csc(NC(=O)Cc3ccnc4c3c(=O)n(C)c(=O)n4C)n2)cc1. The third-order valence-corrected chi connectivity index (χ3v) is 6.18. The molecule has 1 N–H and O–H groups in total. The van der Waals surface area contributed by atoms with Crippen molar-refractivity contribution >= 4 is 33.4 Å². The lowest BCUT2D eigenvalue weighted by Gasteiger charge is -2.10. The molecule has 0 radical (unpaired) electrons. The van der Waals surface area contributed by atoms with Crippen LogP contribution in [0.4, 0.5) is 5.13 Å². The van der Waals surface area contributed by atoms with Crippen LogP contribution >= 0.6 is 11.3 Å². The summed E-state index contributed by atoms with van der Waals surface area (Å²) in [5.74, 6) is 0.297. The summed E-state index contributed by atoms with van der Waals surface area (Å²) in [7, 11) is 2.96. The van der Waals surface area contributed by atoms with Gasteiger partial charge in [-0.3, -0.25) is 18.7 Å². The third-order valence-electron chi connectivity index (χ3n) is 5.42. The van der Waals surface area contributed by atoms with Gasteiger partial charge in [-0.15, -0.1) is 11.3 Å². The summed E-state index contributed by atoms with van der Waals surface area (Å²) in [6, 6.07) is 9.92. The molecule has 0 aliphatic rings. The highest BCUT2D eigenvalue weighted by Gasteiger charge is 2.16. The lowest BCUT2D eigenvalue weighted by Crippen LogP contribution is -2.37. The molecule has 0 unspecified atom stereocenters. The Labute approximate surface area is 194 Å². The number of thiazole rings is 1. The number of fused-ring (bicyclic) bond motifs is 1. The summed E-state index contributed by atoms with van der Waals surface area (Å²) in [6.07, 6.45) is 2.49. The van der Waals surface area contributed by atoms with Gasteiger partial charge in [-0.1, -0.05) is 38.1 Å². The second kappa shape index (κ2) is 9.11. The molecule has 1 aromatic carbocycles. The quantitative estimate of drug-likeness (QED) is 0.474. The number of hydrogen-bond donors (Lipinski definition) is 1. The smallest absolute Gasteiger partial charge is 0.302 e. The molecule has 33 heavy (non-hydrogen) atoms. The van der Waals surface area contributed by atoms with E-state index in [0.717, 1.165) is 22.2 Å². The molecule has 1 amide bonds. The number of benzene rings is 1. The van der Waals surface area contributed by atoms with E-state index in [9.17, 15) is 14.4 Å². The molecule has 9 heteroatoms. The minimum atomic E-state index is -0.471. The number of aromatic nitrogens is 4. The molecule has 0 aliphatic heterocycles. The van der Waals surface area contributed by atoms with Crippen LogP contribution in [0.3, 0.4) is 0 Å². The van der Waals surface area contributed by atoms with Crippen LogP contribution < -0.4 is 16.6 Å². The molecule has 0 bridgehead atoms. The molecule has 3 heterocycles. The number of nitrogens with zero attached hydrogens (tertiary/aromatic N) is 4. The highest BCUT2D eigenvalue weighted by Crippen LogP contribution is 2.26. The average Bonchev–Trinajstić information content (AvgIpc) is 3.24. The molecule has 0 atom stereocenters. The number of aryl methyl sites for hydroxylation is 1. The fourth-order valence-corrected chi connectivity index (χ4v) is 4.51. The fourth-order valence-electron chi connectivity index (χ4n) is 3.78. The maximum absolute atomic E-state index is 12.7. The van der Waals surface area contributed by atoms with E-state index in [1.54, 1.807) is 13.1 Å². The first kappa shape index (κ1) is 22.6. The average molecular weight is 464 g/mol. The first-order valence-corrected chi connectivity index (χ1v) is 11.5. The van der Waals surface area contributed by atoms with E-state index in [2.05, 4.69) is 41.3 Å². The Morgan fingerprint density at radius 2 is 1.82 bits per heavy atom. The molecule has 4 rings (SSSR count). The van der Waals surface area contributed by atoms with Crippen LogP contribution in [0.2, 0.25) is 0 Å². The number of rotatable bonds is 6. The number of nitrogens with one attached hydrogen (secondary N) is 1. The summed E-state index contributed by atoms with van der Waals surface area (Å²) < 4.78 is 2.32. The zero-order valence-electron chi connectivity index (χ0n) is 19.0. The Bertz CT molecular complexity index is 1450. The predicted molar refractivity (Wildman–Crippen MR) is 131 cm³/mol. The third kappa shape index (κ3) is 4.63. The van der Waals surface area contributed by atoms with Gasteiger partial charge in [0.1, 0.15) is 5.65 Å². The normalized spacial score (nSPS) is 11.3. The van der Waals surface area contributed by atoms with E-state index in [1.165, 1.54) is 34.7 Å². The van der Waals surface area contributed by atoms with Crippen molar-refractivity contribution < 1.29 is 4.79 Å². The van der Waals surface area contributed by atoms with Crippen molar-refractivity contribution in [2.75, 3.05) is 5.32 Å². The van der Waals surface area contributed by atoms with Gasteiger partial charge >= 0.3 is 5.69 Å². The van der Waals surface area contributed by atoms with E-state index < -0.39 is 11.2 Å². The van der Waals surface area contributed by atoms with E-state index >= 15 is 0 Å². The fraction of sp³-hybridized carbons (Fsp3) is 0.292. The molecule has 4 aromatic rings. The number of pyridine rings is 1. The molecule has 0 spiro atoms. The van der Waals surface area contributed by atoms with Crippen LogP contribution in [0.1, 0.15) is 25.0 Å². The number of anilines is 1. The molecule has 8 nitrogen and oxygen atoms in total. The highest BCUT2D eigenvalue weighted by molar-refractivity contribution is 7.14. The molecular weight excluding hydrogens is 438 g/mol. The number of amides is 1. The lowest BCUT2D eigenvalue weighted by molar-refractivity contribution is -0.115. The van der Waals surface area contributed by atoms with Crippen LogP contribution in [0.25, 0.3) is 22.3 Å². The summed E-state index contributed by atoms with van der Waals surface area (Å²) in [6.45, 7) is 4.38. The maximum atomic E-state index is 12.7. The largest absolute Gasteiger partial charge is 0.332 e. The molecule has 3 aromatic heterocycles. The summed E-state index contributed by atoms with van der Waals surface area (Å²) in [5.41, 5.74) is 2.90. The predicted octanol–water partition coefficient (Wildman–Crippen LogP) is 3.14. The number of hydrogen-bond acceptors (Lipinski definition) is 6. The Balaban J connectivity index is 1.53. The Morgan fingerprint density at radius 3 is 2.52 bits per heavy atom. The van der Waals surface area contributed by atoms with Crippen LogP contribution in [0, 0.1) is 5.92 Å².